The molecule has 1 aromatic rings. The molecule has 0 heterocycles. The van der Waals surface area contributed by atoms with E-state index >= 15 is 0 Å². The monoisotopic (exact) mass is 397 g/mol. The van der Waals surface area contributed by atoms with E-state index in [1.54, 1.807) is 12.0 Å². The van der Waals surface area contributed by atoms with Gasteiger partial charge in [0, 0.05) is 30.6 Å². The van der Waals surface area contributed by atoms with Gasteiger partial charge in [-0.15, -0.1) is 0 Å². The highest BCUT2D eigenvalue weighted by Gasteiger charge is 2.32. The van der Waals surface area contributed by atoms with Crippen molar-refractivity contribution in [2.75, 3.05) is 19.8 Å². The molecule has 0 aromatic heterocycles. The smallest absolute Gasteiger partial charge is 0.410 e. The van der Waals surface area contributed by atoms with E-state index in [9.17, 15) is 9.36 Å². The Bertz CT molecular complexity index is 635. The summed E-state index contributed by atoms with van der Waals surface area (Å²) in [4.78, 5) is 14.4. The van der Waals surface area contributed by atoms with Crippen LogP contribution in [-0.4, -0.2) is 47.7 Å². The molecule has 0 atom stereocenters. The van der Waals surface area contributed by atoms with Crippen molar-refractivity contribution >= 4 is 13.2 Å². The van der Waals surface area contributed by atoms with Gasteiger partial charge in [0.15, 0.2) is 0 Å². The number of methoxy groups -OCH3 is 1. The van der Waals surface area contributed by atoms with E-state index in [1.165, 1.54) is 0 Å². The number of ether oxygens (including phenoxy) is 2. The summed E-state index contributed by atoms with van der Waals surface area (Å²) in [6.45, 7) is 14.4. The summed E-state index contributed by atoms with van der Waals surface area (Å²) in [6.07, 6.45) is 0.120. The average Bonchev–Trinajstić information content (AvgIpc) is 2.56. The van der Waals surface area contributed by atoms with Gasteiger partial charge >= 0.3 is 6.09 Å². The number of benzene rings is 1. The molecule has 0 aliphatic carbocycles. The molecule has 0 radical (unpaired) electrons. The molecule has 0 aliphatic rings. The first kappa shape index (κ1) is 23.6. The van der Waals surface area contributed by atoms with Gasteiger partial charge in [-0.25, -0.2) is 4.79 Å². The van der Waals surface area contributed by atoms with E-state index in [1.807, 2.05) is 72.7 Å². The molecule has 0 saturated carbocycles. The Morgan fingerprint density at radius 2 is 1.59 bits per heavy atom. The fourth-order valence-corrected chi connectivity index (χ4v) is 5.68. The van der Waals surface area contributed by atoms with Crippen molar-refractivity contribution in [1.29, 1.82) is 0 Å². The molecular formula is C21H36NO4P. The van der Waals surface area contributed by atoms with Gasteiger partial charge in [0.25, 0.3) is 0 Å². The summed E-state index contributed by atoms with van der Waals surface area (Å²) in [5.74, 6) is 0.770. The third-order valence-electron chi connectivity index (χ3n) is 4.65. The lowest BCUT2D eigenvalue weighted by atomic mass is 10.2. The SMILES string of the molecule is COc1ccc(CN(CCP(=O)(C(C)C)C(C)C)C(=O)OC(C)(C)C)cc1. The van der Waals surface area contributed by atoms with Gasteiger partial charge in [0.2, 0.25) is 0 Å². The first-order valence-corrected chi connectivity index (χ1v) is 11.6. The molecule has 6 heteroatoms. The number of amides is 1. The predicted molar refractivity (Wildman–Crippen MR) is 112 cm³/mol. The van der Waals surface area contributed by atoms with Gasteiger partial charge in [-0.1, -0.05) is 39.8 Å². The zero-order valence-electron chi connectivity index (χ0n) is 18.1. The maximum absolute atomic E-state index is 13.4. The van der Waals surface area contributed by atoms with Crippen LogP contribution in [0.1, 0.15) is 54.0 Å². The van der Waals surface area contributed by atoms with E-state index in [2.05, 4.69) is 0 Å². The van der Waals surface area contributed by atoms with Gasteiger partial charge in [0.05, 0.1) is 14.3 Å². The molecule has 0 N–H and O–H groups in total. The predicted octanol–water partition coefficient (Wildman–Crippen LogP) is 5.61. The molecule has 5 nitrogen and oxygen atoms in total. The lowest BCUT2D eigenvalue weighted by Gasteiger charge is -2.31. The maximum Gasteiger partial charge on any atom is 0.410 e. The van der Waals surface area contributed by atoms with Crippen molar-refractivity contribution in [2.45, 2.75) is 71.9 Å². The molecule has 0 spiro atoms. The second-order valence-corrected chi connectivity index (χ2v) is 12.7. The lowest BCUT2D eigenvalue weighted by molar-refractivity contribution is 0.0245. The van der Waals surface area contributed by atoms with Crippen LogP contribution in [0.3, 0.4) is 0 Å². The minimum absolute atomic E-state index is 0.0963. The second-order valence-electron chi connectivity index (χ2n) is 8.52. The minimum atomic E-state index is -2.39. The molecule has 0 bridgehead atoms. The van der Waals surface area contributed by atoms with Crippen molar-refractivity contribution in [3.63, 3.8) is 0 Å². The third-order valence-corrected chi connectivity index (χ3v) is 9.05. The quantitative estimate of drug-likeness (QED) is 0.535. The van der Waals surface area contributed by atoms with E-state index in [0.29, 0.717) is 19.3 Å². The van der Waals surface area contributed by atoms with Crippen LogP contribution in [0.2, 0.25) is 0 Å². The number of carbonyl (C=O) groups excluding carboxylic acids is 1. The Kier molecular flexibility index (Phi) is 8.41. The number of rotatable bonds is 8. The maximum atomic E-state index is 13.4. The van der Waals surface area contributed by atoms with Crippen molar-refractivity contribution in [2.24, 2.45) is 0 Å². The average molecular weight is 397 g/mol. The highest BCUT2D eigenvalue weighted by molar-refractivity contribution is 7.65. The molecule has 0 aliphatic heterocycles. The van der Waals surface area contributed by atoms with Crippen LogP contribution in [0.5, 0.6) is 5.75 Å². The summed E-state index contributed by atoms with van der Waals surface area (Å²) in [5, 5.41) is 0. The van der Waals surface area contributed by atoms with Crippen molar-refractivity contribution in [3.05, 3.63) is 29.8 Å². The zero-order valence-corrected chi connectivity index (χ0v) is 19.0. The molecule has 1 amide bonds. The van der Waals surface area contributed by atoms with Crippen molar-refractivity contribution in [3.8, 4) is 5.75 Å². The fourth-order valence-electron chi connectivity index (χ4n) is 2.90. The third kappa shape index (κ3) is 7.21. The van der Waals surface area contributed by atoms with Crippen LogP contribution in [0.4, 0.5) is 4.79 Å². The summed E-state index contributed by atoms with van der Waals surface area (Å²) in [7, 11) is -0.772. The second kappa shape index (κ2) is 9.64. The summed E-state index contributed by atoms with van der Waals surface area (Å²) < 4.78 is 24.1. The normalized spacial score (nSPS) is 12.4. The molecule has 0 fully saturated rings. The van der Waals surface area contributed by atoms with Crippen molar-refractivity contribution in [1.82, 2.24) is 4.90 Å². The molecule has 27 heavy (non-hydrogen) atoms. The number of hydrogen-bond acceptors (Lipinski definition) is 4. The Balaban J connectivity index is 2.99. The van der Waals surface area contributed by atoms with Gasteiger partial charge in [-0.2, -0.15) is 0 Å². The topological polar surface area (TPSA) is 55.8 Å². The molecule has 154 valence electrons. The highest BCUT2D eigenvalue weighted by atomic mass is 31.2. The summed E-state index contributed by atoms with van der Waals surface area (Å²) in [6, 6.07) is 7.60. The Hall–Kier alpha value is -1.48. The molecule has 0 unspecified atom stereocenters. The Morgan fingerprint density at radius 3 is 2.00 bits per heavy atom. The van der Waals surface area contributed by atoms with Gasteiger partial charge in [-0.05, 0) is 38.5 Å². The molecular weight excluding hydrogens is 361 g/mol. The van der Waals surface area contributed by atoms with Crippen LogP contribution < -0.4 is 4.74 Å². The largest absolute Gasteiger partial charge is 0.497 e. The standard InChI is InChI=1S/C21H36NO4P/c1-16(2)27(24,17(3)4)14-13-22(20(23)26-21(5,6)7)15-18-9-11-19(25-8)12-10-18/h9-12,16-17H,13-15H2,1-8H3. The van der Waals surface area contributed by atoms with Crippen LogP contribution in [0.25, 0.3) is 0 Å². The van der Waals surface area contributed by atoms with E-state index in [-0.39, 0.29) is 17.4 Å². The fraction of sp³-hybridized carbons (Fsp3) is 0.667. The van der Waals surface area contributed by atoms with Crippen LogP contribution in [-0.2, 0) is 15.8 Å². The Morgan fingerprint density at radius 1 is 1.07 bits per heavy atom. The van der Waals surface area contributed by atoms with Crippen LogP contribution >= 0.6 is 7.14 Å². The Labute approximate surface area is 164 Å². The minimum Gasteiger partial charge on any atom is -0.497 e. The lowest BCUT2D eigenvalue weighted by Crippen LogP contribution is -2.38. The summed E-state index contributed by atoms with van der Waals surface area (Å²) in [5.41, 5.74) is 0.596. The molecule has 1 rings (SSSR count). The van der Waals surface area contributed by atoms with E-state index in [0.717, 1.165) is 11.3 Å². The zero-order chi connectivity index (χ0) is 20.8. The molecule has 1 aromatic carbocycles. The van der Waals surface area contributed by atoms with Gasteiger partial charge < -0.3 is 18.9 Å². The van der Waals surface area contributed by atoms with Gasteiger partial charge in [0.1, 0.15) is 11.4 Å². The summed E-state index contributed by atoms with van der Waals surface area (Å²) >= 11 is 0. The number of hydrogen-bond donors (Lipinski definition) is 0. The van der Waals surface area contributed by atoms with E-state index in [4.69, 9.17) is 9.47 Å². The number of carbonyl (C=O) groups is 1. The van der Waals surface area contributed by atoms with Crippen LogP contribution in [0.15, 0.2) is 24.3 Å². The first-order valence-electron chi connectivity index (χ1n) is 9.58. The molecule has 0 saturated heterocycles. The highest BCUT2D eigenvalue weighted by Crippen LogP contribution is 2.54. The first-order chi connectivity index (χ1) is 12.4. The van der Waals surface area contributed by atoms with Gasteiger partial charge in [-0.3, -0.25) is 0 Å². The van der Waals surface area contributed by atoms with Crippen LogP contribution in [0, 0.1) is 0 Å². The van der Waals surface area contributed by atoms with E-state index < -0.39 is 12.7 Å². The number of nitrogens with zero attached hydrogens (tertiary/aromatic N) is 1. The van der Waals surface area contributed by atoms with Crippen molar-refractivity contribution < 1.29 is 18.8 Å².